The number of nitrogens with zero attached hydrogens (tertiary/aromatic N) is 2. The highest BCUT2D eigenvalue weighted by atomic mass is 32.2. The van der Waals surface area contributed by atoms with E-state index in [4.69, 9.17) is 4.74 Å². The second kappa shape index (κ2) is 8.88. The van der Waals surface area contributed by atoms with Gasteiger partial charge in [0, 0.05) is 25.7 Å². The number of para-hydroxylation sites is 2. The van der Waals surface area contributed by atoms with Crippen LogP contribution in [-0.4, -0.2) is 38.8 Å². The Balaban J connectivity index is 1.65. The van der Waals surface area contributed by atoms with E-state index in [1.165, 1.54) is 11.4 Å². The van der Waals surface area contributed by atoms with Gasteiger partial charge in [-0.05, 0) is 36.8 Å². The van der Waals surface area contributed by atoms with Crippen LogP contribution in [-0.2, 0) is 21.9 Å². The second-order valence-electron chi connectivity index (χ2n) is 6.77. The molecule has 0 aliphatic carbocycles. The van der Waals surface area contributed by atoms with Crippen LogP contribution in [0.25, 0.3) is 10.2 Å². The van der Waals surface area contributed by atoms with Crippen molar-refractivity contribution in [3.05, 3.63) is 52.1 Å². The molecule has 1 heterocycles. The fraction of sp³-hybridized carbons (Fsp3) is 0.300. The number of sulfonamides is 1. The Labute approximate surface area is 178 Å². The van der Waals surface area contributed by atoms with Gasteiger partial charge in [0.15, 0.2) is 0 Å². The summed E-state index contributed by atoms with van der Waals surface area (Å²) >= 11 is 1.12. The molecule has 1 aromatic heterocycles. The van der Waals surface area contributed by atoms with Crippen molar-refractivity contribution in [3.63, 3.8) is 0 Å². The quantitative estimate of drug-likeness (QED) is 0.570. The summed E-state index contributed by atoms with van der Waals surface area (Å²) in [6, 6.07) is 12.1. The third-order valence-corrected chi connectivity index (χ3v) is 6.77. The van der Waals surface area contributed by atoms with Gasteiger partial charge >= 0.3 is 4.87 Å². The summed E-state index contributed by atoms with van der Waals surface area (Å²) in [5.41, 5.74) is 1.84. The number of hydrogen-bond acceptors (Lipinski definition) is 6. The maximum atomic E-state index is 12.3. The van der Waals surface area contributed by atoms with Crippen molar-refractivity contribution in [3.8, 4) is 5.75 Å². The first kappa shape index (κ1) is 21.8. The lowest BCUT2D eigenvalue weighted by molar-refractivity contribution is -0.116. The Morgan fingerprint density at radius 2 is 1.97 bits per heavy atom. The number of fused-ring (bicyclic) bond motifs is 1. The van der Waals surface area contributed by atoms with Crippen LogP contribution >= 0.6 is 11.3 Å². The second-order valence-corrected chi connectivity index (χ2v) is 9.67. The molecule has 1 N–H and O–H groups in total. The smallest absolute Gasteiger partial charge is 0.307 e. The minimum Gasteiger partial charge on any atom is -0.495 e. The van der Waals surface area contributed by atoms with Crippen molar-refractivity contribution in [2.24, 2.45) is 7.05 Å². The summed E-state index contributed by atoms with van der Waals surface area (Å²) in [6.07, 6.45) is 1.60. The first-order valence-corrected chi connectivity index (χ1v) is 11.9. The number of carbonyl (C=O) groups excluding carboxylic acids is 1. The molecule has 0 unspecified atom stereocenters. The van der Waals surface area contributed by atoms with E-state index in [0.29, 0.717) is 23.5 Å². The van der Waals surface area contributed by atoms with E-state index >= 15 is 0 Å². The monoisotopic (exact) mass is 449 g/mol. The maximum Gasteiger partial charge on any atom is 0.307 e. The fourth-order valence-corrected chi connectivity index (χ4v) is 5.01. The van der Waals surface area contributed by atoms with Gasteiger partial charge in [-0.3, -0.25) is 13.9 Å². The number of ether oxygens (including phenoxy) is 1. The molecule has 0 aliphatic heterocycles. The molecule has 160 valence electrons. The van der Waals surface area contributed by atoms with Gasteiger partial charge in [-0.2, -0.15) is 0 Å². The summed E-state index contributed by atoms with van der Waals surface area (Å²) < 4.78 is 33.4. The van der Waals surface area contributed by atoms with Gasteiger partial charge in [-0.1, -0.05) is 23.5 Å². The molecule has 2 aromatic carbocycles. The fourth-order valence-electron chi connectivity index (χ4n) is 3.12. The standard InChI is InChI=1S/C20H23N3O5S2/c1-22-16-11-10-14(13-18(16)29-20(22)25)21-19(24)9-6-12-23(30(3,26)27)15-7-4-5-8-17(15)28-2/h4-5,7-8,10-11,13H,6,9,12H2,1-3H3,(H,21,24). The number of rotatable bonds is 8. The molecular formula is C20H23N3O5S2. The minimum absolute atomic E-state index is 0.0642. The first-order valence-electron chi connectivity index (χ1n) is 9.21. The molecule has 0 saturated heterocycles. The molecule has 0 saturated carbocycles. The number of aromatic nitrogens is 1. The molecule has 0 radical (unpaired) electrons. The average Bonchev–Trinajstić information content (AvgIpc) is 2.97. The van der Waals surface area contributed by atoms with Crippen molar-refractivity contribution in [2.45, 2.75) is 12.8 Å². The molecule has 0 spiro atoms. The number of thiazole rings is 1. The van der Waals surface area contributed by atoms with Crippen LogP contribution in [0.5, 0.6) is 5.75 Å². The molecule has 0 aliphatic rings. The van der Waals surface area contributed by atoms with E-state index in [1.807, 2.05) is 0 Å². The van der Waals surface area contributed by atoms with E-state index in [-0.39, 0.29) is 23.7 Å². The van der Waals surface area contributed by atoms with Gasteiger partial charge in [0.2, 0.25) is 15.9 Å². The number of benzene rings is 2. The van der Waals surface area contributed by atoms with Crippen LogP contribution in [0.3, 0.4) is 0 Å². The lowest BCUT2D eigenvalue weighted by Crippen LogP contribution is -2.31. The number of nitrogens with one attached hydrogen (secondary N) is 1. The minimum atomic E-state index is -3.54. The normalized spacial score (nSPS) is 11.4. The van der Waals surface area contributed by atoms with E-state index in [0.717, 1.165) is 27.8 Å². The lowest BCUT2D eigenvalue weighted by Gasteiger charge is -2.24. The maximum absolute atomic E-state index is 12.3. The van der Waals surface area contributed by atoms with Crippen LogP contribution in [0.15, 0.2) is 47.3 Å². The van der Waals surface area contributed by atoms with Crippen molar-refractivity contribution >= 4 is 48.9 Å². The average molecular weight is 450 g/mol. The molecule has 0 fully saturated rings. The SMILES string of the molecule is COc1ccccc1N(CCCC(=O)Nc1ccc2c(c1)sc(=O)n2C)S(C)(=O)=O. The van der Waals surface area contributed by atoms with Crippen LogP contribution in [0.4, 0.5) is 11.4 Å². The number of anilines is 2. The number of methoxy groups -OCH3 is 1. The van der Waals surface area contributed by atoms with Crippen molar-refractivity contribution in [1.29, 1.82) is 0 Å². The molecule has 10 heteroatoms. The summed E-state index contributed by atoms with van der Waals surface area (Å²) in [7, 11) is -0.360. The van der Waals surface area contributed by atoms with Crippen LogP contribution in [0.1, 0.15) is 12.8 Å². The predicted octanol–water partition coefficient (Wildman–Crippen LogP) is 2.79. The zero-order chi connectivity index (χ0) is 21.9. The van der Waals surface area contributed by atoms with Crippen LogP contribution in [0, 0.1) is 0 Å². The number of amides is 1. The van der Waals surface area contributed by atoms with Gasteiger partial charge in [0.05, 0.1) is 29.3 Å². The van der Waals surface area contributed by atoms with Gasteiger partial charge < -0.3 is 14.6 Å². The highest BCUT2D eigenvalue weighted by molar-refractivity contribution is 7.92. The van der Waals surface area contributed by atoms with Crippen LogP contribution < -0.4 is 19.2 Å². The molecule has 1 amide bonds. The van der Waals surface area contributed by atoms with E-state index in [1.54, 1.807) is 54.1 Å². The molecule has 30 heavy (non-hydrogen) atoms. The van der Waals surface area contributed by atoms with Crippen molar-refractivity contribution < 1.29 is 17.9 Å². The zero-order valence-electron chi connectivity index (χ0n) is 16.9. The highest BCUT2D eigenvalue weighted by Crippen LogP contribution is 2.29. The highest BCUT2D eigenvalue weighted by Gasteiger charge is 2.21. The van der Waals surface area contributed by atoms with Gasteiger partial charge in [0.25, 0.3) is 0 Å². The molecule has 3 aromatic rings. The van der Waals surface area contributed by atoms with E-state index in [2.05, 4.69) is 5.32 Å². The molecular weight excluding hydrogens is 426 g/mol. The number of hydrogen-bond donors (Lipinski definition) is 1. The Morgan fingerprint density at radius 1 is 1.23 bits per heavy atom. The number of carbonyl (C=O) groups is 1. The summed E-state index contributed by atoms with van der Waals surface area (Å²) in [5, 5.41) is 2.80. The molecule has 0 bridgehead atoms. The molecule has 0 atom stereocenters. The first-order chi connectivity index (χ1) is 14.2. The lowest BCUT2D eigenvalue weighted by atomic mass is 10.2. The Kier molecular flexibility index (Phi) is 6.47. The van der Waals surface area contributed by atoms with E-state index < -0.39 is 10.0 Å². The Bertz CT molecular complexity index is 1230. The summed E-state index contributed by atoms with van der Waals surface area (Å²) in [6.45, 7) is 0.145. The number of aryl methyl sites for hydroxylation is 1. The van der Waals surface area contributed by atoms with Gasteiger partial charge in [0.1, 0.15) is 5.75 Å². The van der Waals surface area contributed by atoms with Crippen LogP contribution in [0.2, 0.25) is 0 Å². The third kappa shape index (κ3) is 4.82. The molecule has 3 rings (SSSR count). The van der Waals surface area contributed by atoms with Gasteiger partial charge in [-0.25, -0.2) is 8.42 Å². The Hall–Kier alpha value is -2.85. The Morgan fingerprint density at radius 3 is 2.67 bits per heavy atom. The summed E-state index contributed by atoms with van der Waals surface area (Å²) in [4.78, 5) is 24.0. The van der Waals surface area contributed by atoms with Crippen molar-refractivity contribution in [2.75, 3.05) is 29.5 Å². The van der Waals surface area contributed by atoms with Crippen molar-refractivity contribution in [1.82, 2.24) is 4.57 Å². The third-order valence-electron chi connectivity index (χ3n) is 4.60. The molecule has 8 nitrogen and oxygen atoms in total. The topological polar surface area (TPSA) is 97.7 Å². The summed E-state index contributed by atoms with van der Waals surface area (Å²) in [5.74, 6) is 0.216. The van der Waals surface area contributed by atoms with E-state index in [9.17, 15) is 18.0 Å². The largest absolute Gasteiger partial charge is 0.495 e. The predicted molar refractivity (Wildman–Crippen MR) is 120 cm³/mol. The van der Waals surface area contributed by atoms with Gasteiger partial charge in [-0.15, -0.1) is 0 Å². The zero-order valence-corrected chi connectivity index (χ0v) is 18.5.